The Hall–Kier alpha value is -1.70. The topological polar surface area (TPSA) is 58.4 Å². The van der Waals surface area contributed by atoms with E-state index in [1.165, 1.54) is 24.0 Å². The summed E-state index contributed by atoms with van der Waals surface area (Å²) in [6.45, 7) is 3.04. The predicted molar refractivity (Wildman–Crippen MR) is 108 cm³/mol. The Kier molecular flexibility index (Phi) is 5.34. The van der Waals surface area contributed by atoms with Crippen molar-refractivity contribution in [3.63, 3.8) is 0 Å². The molecule has 1 amide bonds. The van der Waals surface area contributed by atoms with Crippen molar-refractivity contribution in [1.29, 1.82) is 0 Å². The quantitative estimate of drug-likeness (QED) is 0.693. The number of hydrogen-bond donors (Lipinski definition) is 0. The number of rotatable bonds is 2. The van der Waals surface area contributed by atoms with E-state index in [1.807, 2.05) is 17.0 Å². The Balaban J connectivity index is 1.41. The van der Waals surface area contributed by atoms with E-state index in [-0.39, 0.29) is 17.4 Å². The summed E-state index contributed by atoms with van der Waals surface area (Å²) in [5.41, 5.74) is 0.793. The van der Waals surface area contributed by atoms with Gasteiger partial charge in [0.2, 0.25) is 5.91 Å². The van der Waals surface area contributed by atoms with Crippen molar-refractivity contribution in [1.82, 2.24) is 14.5 Å². The first-order valence-corrected chi connectivity index (χ1v) is 10.4. The molecule has 2 aliphatic rings. The average molecular weight is 425 g/mol. The third-order valence-corrected chi connectivity index (χ3v) is 6.89. The van der Waals surface area contributed by atoms with Gasteiger partial charge in [0.1, 0.15) is 0 Å². The van der Waals surface area contributed by atoms with Crippen LogP contribution in [-0.4, -0.2) is 52.3 Å². The first-order chi connectivity index (χ1) is 13.0. The Labute approximate surface area is 171 Å². The zero-order valence-electron chi connectivity index (χ0n) is 14.5. The van der Waals surface area contributed by atoms with Gasteiger partial charge in [0, 0.05) is 50.7 Å². The second-order valence-electron chi connectivity index (χ2n) is 6.57. The highest BCUT2D eigenvalue weighted by Gasteiger charge is 2.31. The van der Waals surface area contributed by atoms with Crippen molar-refractivity contribution in [2.75, 3.05) is 36.8 Å². The van der Waals surface area contributed by atoms with Crippen molar-refractivity contribution >= 4 is 46.6 Å². The molecule has 2 aromatic rings. The van der Waals surface area contributed by atoms with Gasteiger partial charge < -0.3 is 9.80 Å². The lowest BCUT2D eigenvalue weighted by atomic mass is 10.1. The van der Waals surface area contributed by atoms with Crippen molar-refractivity contribution in [3.05, 3.63) is 50.9 Å². The number of carbonyl (C=O) groups is 1. The molecular formula is C18H18Cl2N4O2S. The molecule has 9 heteroatoms. The summed E-state index contributed by atoms with van der Waals surface area (Å²) in [4.78, 5) is 33.2. The number of amides is 1. The molecule has 0 aliphatic carbocycles. The number of benzene rings is 1. The molecule has 0 saturated carbocycles. The fourth-order valence-electron chi connectivity index (χ4n) is 3.46. The zero-order chi connectivity index (χ0) is 19.0. The number of aromatic nitrogens is 2. The molecule has 0 radical (unpaired) electrons. The van der Waals surface area contributed by atoms with Crippen LogP contribution in [-0.2, 0) is 11.3 Å². The van der Waals surface area contributed by atoms with Crippen molar-refractivity contribution in [3.8, 4) is 0 Å². The van der Waals surface area contributed by atoms with Crippen LogP contribution in [0.1, 0.15) is 0 Å². The second kappa shape index (κ2) is 7.73. The maximum Gasteiger partial charge on any atom is 0.254 e. The van der Waals surface area contributed by atoms with Gasteiger partial charge in [-0.15, -0.1) is 0 Å². The Morgan fingerprint density at radius 1 is 1.15 bits per heavy atom. The Morgan fingerprint density at radius 3 is 2.70 bits per heavy atom. The molecule has 1 saturated heterocycles. The summed E-state index contributed by atoms with van der Waals surface area (Å²) < 4.78 is 1.60. The molecule has 3 heterocycles. The SMILES string of the molecule is O=C(C1CSc2nccc(=O)n2C1)N1CCN(c2cccc(Cl)c2Cl)CC1. The third-order valence-electron chi connectivity index (χ3n) is 4.93. The smallest absolute Gasteiger partial charge is 0.254 e. The van der Waals surface area contributed by atoms with Crippen LogP contribution >= 0.6 is 35.0 Å². The van der Waals surface area contributed by atoms with Gasteiger partial charge in [0.25, 0.3) is 5.56 Å². The lowest BCUT2D eigenvalue weighted by molar-refractivity contribution is -0.135. The molecule has 142 valence electrons. The number of hydrogen-bond acceptors (Lipinski definition) is 5. The molecule has 1 aromatic heterocycles. The van der Waals surface area contributed by atoms with E-state index in [4.69, 9.17) is 23.2 Å². The van der Waals surface area contributed by atoms with Crippen LogP contribution in [0.3, 0.4) is 0 Å². The zero-order valence-corrected chi connectivity index (χ0v) is 16.8. The van der Waals surface area contributed by atoms with Crippen LogP contribution < -0.4 is 10.5 Å². The van der Waals surface area contributed by atoms with Crippen LogP contribution in [0.4, 0.5) is 5.69 Å². The molecule has 0 spiro atoms. The largest absolute Gasteiger partial charge is 0.367 e. The van der Waals surface area contributed by atoms with Crippen molar-refractivity contribution < 1.29 is 4.79 Å². The highest BCUT2D eigenvalue weighted by molar-refractivity contribution is 7.99. The lowest BCUT2D eigenvalue weighted by Crippen LogP contribution is -2.52. The van der Waals surface area contributed by atoms with Gasteiger partial charge in [-0.2, -0.15) is 0 Å². The molecule has 1 unspecified atom stereocenters. The maximum absolute atomic E-state index is 12.9. The van der Waals surface area contributed by atoms with E-state index < -0.39 is 0 Å². The van der Waals surface area contributed by atoms with Gasteiger partial charge in [-0.3, -0.25) is 14.2 Å². The highest BCUT2D eigenvalue weighted by Crippen LogP contribution is 2.33. The molecule has 27 heavy (non-hydrogen) atoms. The third kappa shape index (κ3) is 3.68. The van der Waals surface area contributed by atoms with Crippen LogP contribution in [0.5, 0.6) is 0 Å². The monoisotopic (exact) mass is 424 g/mol. The summed E-state index contributed by atoms with van der Waals surface area (Å²) in [6.07, 6.45) is 1.52. The van der Waals surface area contributed by atoms with Gasteiger partial charge in [-0.25, -0.2) is 4.98 Å². The van der Waals surface area contributed by atoms with Crippen LogP contribution in [0.2, 0.25) is 10.0 Å². The predicted octanol–water partition coefficient (Wildman–Crippen LogP) is 2.62. The van der Waals surface area contributed by atoms with Crippen LogP contribution in [0, 0.1) is 5.92 Å². The highest BCUT2D eigenvalue weighted by atomic mass is 35.5. The molecule has 4 rings (SSSR count). The Bertz CT molecular complexity index is 928. The molecule has 0 bridgehead atoms. The summed E-state index contributed by atoms with van der Waals surface area (Å²) in [7, 11) is 0. The van der Waals surface area contributed by atoms with Crippen molar-refractivity contribution in [2.45, 2.75) is 11.7 Å². The number of fused-ring (bicyclic) bond motifs is 1. The number of halogens is 2. The summed E-state index contributed by atoms with van der Waals surface area (Å²) in [5.74, 6) is 0.543. The minimum Gasteiger partial charge on any atom is -0.367 e. The number of piperazine rings is 1. The van der Waals surface area contributed by atoms with E-state index in [1.54, 1.807) is 10.6 Å². The molecular weight excluding hydrogens is 407 g/mol. The van der Waals surface area contributed by atoms with E-state index in [0.717, 1.165) is 5.69 Å². The minimum atomic E-state index is -0.203. The first kappa shape index (κ1) is 18.7. The second-order valence-corrected chi connectivity index (χ2v) is 8.34. The molecule has 2 aliphatic heterocycles. The number of anilines is 1. The molecule has 1 fully saturated rings. The fraction of sp³-hybridized carbons (Fsp3) is 0.389. The summed E-state index contributed by atoms with van der Waals surface area (Å²) >= 11 is 13.9. The van der Waals surface area contributed by atoms with E-state index in [9.17, 15) is 9.59 Å². The lowest BCUT2D eigenvalue weighted by Gasteiger charge is -2.38. The molecule has 0 N–H and O–H groups in total. The van der Waals surface area contributed by atoms with Gasteiger partial charge in [0.05, 0.1) is 21.7 Å². The van der Waals surface area contributed by atoms with E-state index in [0.29, 0.717) is 53.7 Å². The number of carbonyl (C=O) groups excluding carboxylic acids is 1. The van der Waals surface area contributed by atoms with Gasteiger partial charge >= 0.3 is 0 Å². The molecule has 1 atom stereocenters. The summed E-state index contributed by atoms with van der Waals surface area (Å²) in [6, 6.07) is 7.02. The molecule has 1 aromatic carbocycles. The Morgan fingerprint density at radius 2 is 1.93 bits per heavy atom. The first-order valence-electron chi connectivity index (χ1n) is 8.71. The normalized spacial score (nSPS) is 19.7. The van der Waals surface area contributed by atoms with Crippen LogP contribution in [0.25, 0.3) is 0 Å². The molecule has 6 nitrogen and oxygen atoms in total. The average Bonchev–Trinajstić information content (AvgIpc) is 2.70. The van der Waals surface area contributed by atoms with Crippen molar-refractivity contribution in [2.24, 2.45) is 5.92 Å². The standard InChI is InChI=1S/C18H18Cl2N4O2S/c19-13-2-1-3-14(16(13)20)22-6-8-23(9-7-22)17(26)12-10-24-15(25)4-5-21-18(24)27-11-12/h1-5,12H,6-11H2. The fourth-order valence-corrected chi connectivity index (χ4v) is 4.93. The minimum absolute atomic E-state index is 0.0979. The van der Waals surface area contributed by atoms with Crippen LogP contribution in [0.15, 0.2) is 40.4 Å². The van der Waals surface area contributed by atoms with Gasteiger partial charge in [-0.05, 0) is 12.1 Å². The summed E-state index contributed by atoms with van der Waals surface area (Å²) in [5, 5.41) is 1.77. The van der Waals surface area contributed by atoms with E-state index >= 15 is 0 Å². The van der Waals surface area contributed by atoms with Gasteiger partial charge in [0.15, 0.2) is 5.16 Å². The maximum atomic E-state index is 12.9. The van der Waals surface area contributed by atoms with E-state index in [2.05, 4.69) is 9.88 Å². The number of thioether (sulfide) groups is 1. The number of nitrogens with zero attached hydrogens (tertiary/aromatic N) is 4. The van der Waals surface area contributed by atoms with Gasteiger partial charge in [-0.1, -0.05) is 41.0 Å².